The highest BCUT2D eigenvalue weighted by molar-refractivity contribution is 7.10. The molecule has 0 aromatic carbocycles. The molecule has 5 nitrogen and oxygen atoms in total. The van der Waals surface area contributed by atoms with E-state index >= 15 is 0 Å². The van der Waals surface area contributed by atoms with Crippen LogP contribution in [0.1, 0.15) is 30.2 Å². The van der Waals surface area contributed by atoms with E-state index in [2.05, 4.69) is 5.32 Å². The Balaban J connectivity index is 1.69. The third kappa shape index (κ3) is 2.28. The molecule has 1 fully saturated rings. The van der Waals surface area contributed by atoms with Crippen LogP contribution in [0.4, 0.5) is 4.79 Å². The molecule has 2 heterocycles. The Morgan fingerprint density at radius 1 is 1.50 bits per heavy atom. The smallest absolute Gasteiger partial charge is 0.329 e. The summed E-state index contributed by atoms with van der Waals surface area (Å²) in [7, 11) is 0. The van der Waals surface area contributed by atoms with Crippen molar-refractivity contribution >= 4 is 23.3 Å². The summed E-state index contributed by atoms with van der Waals surface area (Å²) in [6.07, 6.45) is 2.60. The standard InChI is InChI=1S/C14H18N2O3S/c1-14(12(17)18,10-2-3-10)15-13(19)16-6-4-11-9(8-16)5-7-20-11/h5,7,10H,2-4,6,8H2,1H3,(H,15,19)(H,17,18). The van der Waals surface area contributed by atoms with Crippen LogP contribution in [0.3, 0.4) is 0 Å². The van der Waals surface area contributed by atoms with Crippen molar-refractivity contribution in [3.63, 3.8) is 0 Å². The summed E-state index contributed by atoms with van der Waals surface area (Å²) in [5, 5.41) is 14.2. The molecule has 0 radical (unpaired) electrons. The van der Waals surface area contributed by atoms with Crippen LogP contribution < -0.4 is 5.32 Å². The number of carbonyl (C=O) groups excluding carboxylic acids is 1. The zero-order valence-corrected chi connectivity index (χ0v) is 12.2. The van der Waals surface area contributed by atoms with Crippen molar-refractivity contribution in [3.05, 3.63) is 21.9 Å². The molecule has 1 aromatic heterocycles. The van der Waals surface area contributed by atoms with Crippen molar-refractivity contribution in [2.24, 2.45) is 5.92 Å². The second-order valence-corrected chi connectivity index (χ2v) is 6.75. The van der Waals surface area contributed by atoms with Crippen LogP contribution in [0.15, 0.2) is 11.4 Å². The fourth-order valence-corrected chi connectivity index (χ4v) is 3.60. The van der Waals surface area contributed by atoms with E-state index < -0.39 is 11.5 Å². The topological polar surface area (TPSA) is 69.6 Å². The molecule has 3 rings (SSSR count). The van der Waals surface area contributed by atoms with Crippen molar-refractivity contribution < 1.29 is 14.7 Å². The van der Waals surface area contributed by atoms with Gasteiger partial charge in [-0.15, -0.1) is 11.3 Å². The van der Waals surface area contributed by atoms with E-state index in [0.29, 0.717) is 13.1 Å². The lowest BCUT2D eigenvalue weighted by molar-refractivity contribution is -0.144. The maximum absolute atomic E-state index is 12.3. The Labute approximate surface area is 121 Å². The van der Waals surface area contributed by atoms with Crippen LogP contribution in [0.5, 0.6) is 0 Å². The molecule has 1 aromatic rings. The monoisotopic (exact) mass is 294 g/mol. The Morgan fingerprint density at radius 2 is 2.25 bits per heavy atom. The minimum Gasteiger partial charge on any atom is -0.480 e. The predicted molar refractivity (Wildman–Crippen MR) is 75.7 cm³/mol. The first kappa shape index (κ1) is 13.4. The van der Waals surface area contributed by atoms with Crippen LogP contribution >= 0.6 is 11.3 Å². The molecular formula is C14H18N2O3S. The second kappa shape index (κ2) is 4.77. The Hall–Kier alpha value is -1.56. The highest BCUT2D eigenvalue weighted by Gasteiger charge is 2.49. The number of nitrogens with one attached hydrogen (secondary N) is 1. The summed E-state index contributed by atoms with van der Waals surface area (Å²) in [6, 6.07) is 1.77. The molecule has 0 bridgehead atoms. The first-order valence-electron chi connectivity index (χ1n) is 6.86. The zero-order chi connectivity index (χ0) is 14.3. The summed E-state index contributed by atoms with van der Waals surface area (Å²) < 4.78 is 0. The fraction of sp³-hybridized carbons (Fsp3) is 0.571. The van der Waals surface area contributed by atoms with Crippen LogP contribution in [-0.2, 0) is 17.8 Å². The predicted octanol–water partition coefficient (Wildman–Crippen LogP) is 2.07. The maximum atomic E-state index is 12.3. The molecule has 2 aliphatic rings. The number of rotatable bonds is 3. The second-order valence-electron chi connectivity index (χ2n) is 5.75. The molecule has 108 valence electrons. The van der Waals surface area contributed by atoms with E-state index in [1.165, 1.54) is 10.4 Å². The summed E-state index contributed by atoms with van der Waals surface area (Å²) in [4.78, 5) is 26.8. The van der Waals surface area contributed by atoms with Gasteiger partial charge in [0.05, 0.1) is 0 Å². The minimum atomic E-state index is -1.13. The van der Waals surface area contributed by atoms with E-state index in [1.54, 1.807) is 23.2 Å². The molecule has 1 saturated carbocycles. The first-order valence-corrected chi connectivity index (χ1v) is 7.74. The zero-order valence-electron chi connectivity index (χ0n) is 11.4. The number of amides is 2. The molecule has 6 heteroatoms. The lowest BCUT2D eigenvalue weighted by Gasteiger charge is -2.32. The van der Waals surface area contributed by atoms with Gasteiger partial charge in [-0.1, -0.05) is 0 Å². The van der Waals surface area contributed by atoms with Crippen LogP contribution in [0.2, 0.25) is 0 Å². The van der Waals surface area contributed by atoms with E-state index in [9.17, 15) is 14.7 Å². The van der Waals surface area contributed by atoms with Crippen LogP contribution in [0.25, 0.3) is 0 Å². The normalized spacial score (nSPS) is 20.9. The van der Waals surface area contributed by atoms with Gasteiger partial charge in [0.25, 0.3) is 0 Å². The third-order valence-electron chi connectivity index (χ3n) is 4.30. The lowest BCUT2D eigenvalue weighted by atomic mass is 9.96. The van der Waals surface area contributed by atoms with Gasteiger partial charge >= 0.3 is 12.0 Å². The molecule has 2 amide bonds. The molecule has 20 heavy (non-hydrogen) atoms. The van der Waals surface area contributed by atoms with Crippen molar-refractivity contribution in [1.29, 1.82) is 0 Å². The van der Waals surface area contributed by atoms with Gasteiger partial charge in [0.2, 0.25) is 0 Å². The molecule has 1 aliphatic carbocycles. The number of hydrogen-bond donors (Lipinski definition) is 2. The number of thiophene rings is 1. The number of nitrogens with zero attached hydrogens (tertiary/aromatic N) is 1. The van der Waals surface area contributed by atoms with E-state index in [1.807, 2.05) is 11.4 Å². The summed E-state index contributed by atoms with van der Waals surface area (Å²) in [5.41, 5.74) is 0.0475. The van der Waals surface area contributed by atoms with Gasteiger partial charge in [0.15, 0.2) is 0 Å². The van der Waals surface area contributed by atoms with Gasteiger partial charge in [0, 0.05) is 18.0 Å². The van der Waals surface area contributed by atoms with Crippen LogP contribution in [0, 0.1) is 5.92 Å². The molecule has 2 N–H and O–H groups in total. The lowest BCUT2D eigenvalue weighted by Crippen LogP contribution is -2.57. The van der Waals surface area contributed by atoms with Crippen LogP contribution in [-0.4, -0.2) is 34.1 Å². The largest absolute Gasteiger partial charge is 0.480 e. The van der Waals surface area contributed by atoms with Crippen molar-refractivity contribution in [2.45, 2.75) is 38.3 Å². The average Bonchev–Trinajstić information content (AvgIpc) is 3.16. The molecule has 0 spiro atoms. The summed E-state index contributed by atoms with van der Waals surface area (Å²) in [5.74, 6) is -0.882. The molecule has 1 unspecified atom stereocenters. The van der Waals surface area contributed by atoms with Crippen molar-refractivity contribution in [1.82, 2.24) is 10.2 Å². The number of aliphatic carboxylic acids is 1. The summed E-state index contributed by atoms with van der Waals surface area (Å²) >= 11 is 1.72. The molecule has 0 saturated heterocycles. The van der Waals surface area contributed by atoms with Crippen molar-refractivity contribution in [3.8, 4) is 0 Å². The van der Waals surface area contributed by atoms with Gasteiger partial charge in [0.1, 0.15) is 5.54 Å². The van der Waals surface area contributed by atoms with E-state index in [-0.39, 0.29) is 11.9 Å². The average molecular weight is 294 g/mol. The third-order valence-corrected chi connectivity index (χ3v) is 5.32. The van der Waals surface area contributed by atoms with Gasteiger partial charge < -0.3 is 15.3 Å². The molecule has 1 atom stereocenters. The fourth-order valence-electron chi connectivity index (χ4n) is 2.71. The van der Waals surface area contributed by atoms with Crippen molar-refractivity contribution in [2.75, 3.05) is 6.54 Å². The number of hydrogen-bond acceptors (Lipinski definition) is 3. The van der Waals surface area contributed by atoms with Gasteiger partial charge in [-0.3, -0.25) is 0 Å². The Kier molecular flexibility index (Phi) is 3.20. The number of carbonyl (C=O) groups is 2. The molecular weight excluding hydrogens is 276 g/mol. The quantitative estimate of drug-likeness (QED) is 0.896. The maximum Gasteiger partial charge on any atom is 0.329 e. The first-order chi connectivity index (χ1) is 9.50. The number of carboxylic acids is 1. The van der Waals surface area contributed by atoms with Gasteiger partial charge in [-0.25, -0.2) is 9.59 Å². The highest BCUT2D eigenvalue weighted by Crippen LogP contribution is 2.40. The molecule has 1 aliphatic heterocycles. The highest BCUT2D eigenvalue weighted by atomic mass is 32.1. The number of carboxylic acid groups (broad SMARTS) is 1. The minimum absolute atomic E-state index is 0.0606. The number of urea groups is 1. The Morgan fingerprint density at radius 3 is 2.90 bits per heavy atom. The van der Waals surface area contributed by atoms with E-state index in [0.717, 1.165) is 19.3 Å². The number of fused-ring (bicyclic) bond motifs is 1. The van der Waals surface area contributed by atoms with Gasteiger partial charge in [-0.2, -0.15) is 0 Å². The SMILES string of the molecule is CC(NC(=O)N1CCc2sccc2C1)(C(=O)O)C1CC1. The van der Waals surface area contributed by atoms with E-state index in [4.69, 9.17) is 0 Å². The Bertz CT molecular complexity index is 552. The van der Waals surface area contributed by atoms with Gasteiger partial charge in [-0.05, 0) is 49.1 Å². The summed E-state index contributed by atoms with van der Waals surface area (Å²) in [6.45, 7) is 2.84.